The van der Waals surface area contributed by atoms with Crippen LogP contribution in [0.4, 0.5) is 0 Å². The van der Waals surface area contributed by atoms with Gasteiger partial charge in [-0.2, -0.15) is 0 Å². The van der Waals surface area contributed by atoms with E-state index >= 15 is 0 Å². The molecule has 0 N–H and O–H groups in total. The van der Waals surface area contributed by atoms with Gasteiger partial charge in [0.15, 0.2) is 0 Å². The van der Waals surface area contributed by atoms with Crippen LogP contribution < -0.4 is 0 Å². The first kappa shape index (κ1) is 19.1. The van der Waals surface area contributed by atoms with Crippen LogP contribution in [0.3, 0.4) is 0 Å². The van der Waals surface area contributed by atoms with E-state index in [-0.39, 0.29) is 11.1 Å². The lowest BCUT2D eigenvalue weighted by molar-refractivity contribution is -0.164. The third-order valence-corrected chi connectivity index (χ3v) is 2.57. The van der Waals surface area contributed by atoms with Gasteiger partial charge < -0.3 is 18.9 Å². The second-order valence-electron chi connectivity index (χ2n) is 4.74. The summed E-state index contributed by atoms with van der Waals surface area (Å²) in [5, 5.41) is 0. The minimum Gasteiger partial charge on any atom is -0.426 e. The van der Waals surface area contributed by atoms with Crippen LogP contribution in [-0.2, 0) is 28.5 Å². The predicted molar refractivity (Wildman–Crippen MR) is 79.7 cm³/mol. The fourth-order valence-electron chi connectivity index (χ4n) is 1.70. The Morgan fingerprint density at radius 1 is 0.667 bits per heavy atom. The molecular weight excluding hydrogens is 320 g/mol. The molecule has 1 aromatic carbocycles. The van der Waals surface area contributed by atoms with Gasteiger partial charge in [-0.3, -0.25) is 9.59 Å². The Morgan fingerprint density at radius 2 is 0.958 bits per heavy atom. The molecule has 0 amide bonds. The molecule has 0 saturated heterocycles. The van der Waals surface area contributed by atoms with Crippen molar-refractivity contribution in [3.63, 3.8) is 0 Å². The summed E-state index contributed by atoms with van der Waals surface area (Å²) >= 11 is 0. The number of benzene rings is 1. The van der Waals surface area contributed by atoms with Gasteiger partial charge in [-0.15, -0.1) is 0 Å². The Morgan fingerprint density at radius 3 is 1.21 bits per heavy atom. The number of carbonyl (C=O) groups is 4. The van der Waals surface area contributed by atoms with Crippen molar-refractivity contribution >= 4 is 23.9 Å². The maximum absolute atomic E-state index is 11.8. The van der Waals surface area contributed by atoms with E-state index in [0.717, 1.165) is 0 Å². The zero-order chi connectivity index (χ0) is 18.3. The molecule has 2 unspecified atom stereocenters. The Labute approximate surface area is 138 Å². The van der Waals surface area contributed by atoms with Gasteiger partial charge in [0.25, 0.3) is 0 Å². The van der Waals surface area contributed by atoms with Gasteiger partial charge in [0.05, 0.1) is 11.1 Å². The number of hydrogen-bond acceptors (Lipinski definition) is 8. The van der Waals surface area contributed by atoms with Gasteiger partial charge >= 0.3 is 23.9 Å². The van der Waals surface area contributed by atoms with Crippen molar-refractivity contribution in [2.24, 2.45) is 0 Å². The van der Waals surface area contributed by atoms with Crippen LogP contribution in [0.2, 0.25) is 0 Å². The number of ether oxygens (including phenoxy) is 4. The fraction of sp³-hybridized carbons (Fsp3) is 0.375. The van der Waals surface area contributed by atoms with Crippen molar-refractivity contribution in [2.75, 3.05) is 0 Å². The molecule has 1 aromatic rings. The van der Waals surface area contributed by atoms with E-state index in [4.69, 9.17) is 9.47 Å². The van der Waals surface area contributed by atoms with Gasteiger partial charge in [0, 0.05) is 27.7 Å². The molecule has 8 nitrogen and oxygen atoms in total. The standard InChI is InChI=1S/C16H18O8/c1-9(17)21-11(3)23-15(19)13-5-7-14(8-6-13)16(20)24-12(4)22-10(2)18/h5-8,11-12H,1-4H3. The second-order valence-corrected chi connectivity index (χ2v) is 4.74. The van der Waals surface area contributed by atoms with Crippen LogP contribution in [-0.4, -0.2) is 36.5 Å². The summed E-state index contributed by atoms with van der Waals surface area (Å²) in [4.78, 5) is 45.2. The van der Waals surface area contributed by atoms with Gasteiger partial charge in [0.2, 0.25) is 12.6 Å². The van der Waals surface area contributed by atoms with Crippen LogP contribution in [0.25, 0.3) is 0 Å². The molecule has 0 spiro atoms. The molecule has 0 heterocycles. The van der Waals surface area contributed by atoms with Crippen molar-refractivity contribution in [1.82, 2.24) is 0 Å². The van der Waals surface area contributed by atoms with Crippen LogP contribution in [0.15, 0.2) is 24.3 Å². The van der Waals surface area contributed by atoms with Crippen LogP contribution in [0.5, 0.6) is 0 Å². The number of carbonyl (C=O) groups excluding carboxylic acids is 4. The molecule has 8 heteroatoms. The number of hydrogen-bond donors (Lipinski definition) is 0. The summed E-state index contributed by atoms with van der Waals surface area (Å²) in [5.74, 6) is -2.57. The Balaban J connectivity index is 2.64. The van der Waals surface area contributed by atoms with E-state index in [1.54, 1.807) is 0 Å². The van der Waals surface area contributed by atoms with Crippen molar-refractivity contribution in [3.8, 4) is 0 Å². The largest absolute Gasteiger partial charge is 0.426 e. The molecule has 0 bridgehead atoms. The minimum atomic E-state index is -1.02. The van der Waals surface area contributed by atoms with E-state index in [2.05, 4.69) is 9.47 Å². The highest BCUT2D eigenvalue weighted by Gasteiger charge is 2.17. The monoisotopic (exact) mass is 338 g/mol. The van der Waals surface area contributed by atoms with Crippen molar-refractivity contribution in [3.05, 3.63) is 35.4 Å². The van der Waals surface area contributed by atoms with Crippen molar-refractivity contribution < 1.29 is 38.1 Å². The van der Waals surface area contributed by atoms with E-state index in [1.165, 1.54) is 52.0 Å². The molecule has 24 heavy (non-hydrogen) atoms. The van der Waals surface area contributed by atoms with Gasteiger partial charge in [-0.25, -0.2) is 9.59 Å². The summed E-state index contributed by atoms with van der Waals surface area (Å²) in [6, 6.07) is 5.43. The molecule has 0 saturated carbocycles. The lowest BCUT2D eigenvalue weighted by atomic mass is 10.1. The van der Waals surface area contributed by atoms with Crippen molar-refractivity contribution in [1.29, 1.82) is 0 Å². The number of rotatable bonds is 6. The highest BCUT2D eigenvalue weighted by molar-refractivity contribution is 5.93. The Hall–Kier alpha value is -2.90. The first-order valence-electron chi connectivity index (χ1n) is 7.05. The lowest BCUT2D eigenvalue weighted by Crippen LogP contribution is -2.21. The molecule has 0 aliphatic carbocycles. The zero-order valence-corrected chi connectivity index (χ0v) is 13.7. The summed E-state index contributed by atoms with van der Waals surface area (Å²) in [7, 11) is 0. The van der Waals surface area contributed by atoms with Gasteiger partial charge in [0.1, 0.15) is 0 Å². The quantitative estimate of drug-likeness (QED) is 0.571. The van der Waals surface area contributed by atoms with Crippen LogP contribution in [0, 0.1) is 0 Å². The molecule has 1 rings (SSSR count). The van der Waals surface area contributed by atoms with Gasteiger partial charge in [-0.1, -0.05) is 0 Å². The van der Waals surface area contributed by atoms with Crippen LogP contribution >= 0.6 is 0 Å². The number of esters is 4. The SMILES string of the molecule is CC(=O)OC(C)OC(=O)c1ccc(C(=O)OC(C)OC(C)=O)cc1. The molecule has 0 fully saturated rings. The molecule has 0 aromatic heterocycles. The minimum absolute atomic E-state index is 0.165. The average Bonchev–Trinajstić information content (AvgIpc) is 2.45. The summed E-state index contributed by atoms with van der Waals surface area (Å²) < 4.78 is 19.2. The van der Waals surface area contributed by atoms with E-state index in [1.807, 2.05) is 0 Å². The molecular formula is C16H18O8. The third kappa shape index (κ3) is 6.47. The summed E-state index contributed by atoms with van der Waals surface area (Å²) in [6.07, 6.45) is -2.05. The van der Waals surface area contributed by atoms with Crippen LogP contribution in [0.1, 0.15) is 48.4 Å². The van der Waals surface area contributed by atoms with E-state index in [0.29, 0.717) is 0 Å². The van der Waals surface area contributed by atoms with E-state index < -0.39 is 36.5 Å². The highest BCUT2D eigenvalue weighted by atomic mass is 16.7. The maximum atomic E-state index is 11.8. The molecule has 130 valence electrons. The summed E-state index contributed by atoms with van der Waals surface area (Å²) in [5.41, 5.74) is 0.331. The van der Waals surface area contributed by atoms with Crippen molar-refractivity contribution in [2.45, 2.75) is 40.3 Å². The average molecular weight is 338 g/mol. The second kappa shape index (κ2) is 8.66. The molecule has 0 aliphatic rings. The third-order valence-electron chi connectivity index (χ3n) is 2.57. The van der Waals surface area contributed by atoms with E-state index in [9.17, 15) is 19.2 Å². The normalized spacial score (nSPS) is 12.5. The van der Waals surface area contributed by atoms with Gasteiger partial charge in [-0.05, 0) is 24.3 Å². The zero-order valence-electron chi connectivity index (χ0n) is 13.7. The molecule has 0 radical (unpaired) electrons. The lowest BCUT2D eigenvalue weighted by Gasteiger charge is -2.14. The predicted octanol–water partition coefficient (Wildman–Crippen LogP) is 1.82. The highest BCUT2D eigenvalue weighted by Crippen LogP contribution is 2.10. The summed E-state index contributed by atoms with van der Waals surface area (Å²) in [6.45, 7) is 5.20. The molecule has 2 atom stereocenters. The Bertz CT molecular complexity index is 564. The molecule has 0 aliphatic heterocycles. The fourth-order valence-corrected chi connectivity index (χ4v) is 1.70. The Kier molecular flexibility index (Phi) is 6.91. The topological polar surface area (TPSA) is 105 Å². The smallest absolute Gasteiger partial charge is 0.341 e. The first-order chi connectivity index (χ1) is 11.2. The maximum Gasteiger partial charge on any atom is 0.341 e. The first-order valence-corrected chi connectivity index (χ1v) is 7.05.